The summed E-state index contributed by atoms with van der Waals surface area (Å²) in [6, 6.07) is 15.0. The van der Waals surface area contributed by atoms with E-state index >= 15 is 4.39 Å². The molecule has 2 aromatic rings. The summed E-state index contributed by atoms with van der Waals surface area (Å²) in [4.78, 5) is 35.5. The van der Waals surface area contributed by atoms with Crippen molar-refractivity contribution < 1.29 is 23.1 Å². The summed E-state index contributed by atoms with van der Waals surface area (Å²) in [5, 5.41) is 12.7. The second-order valence-corrected chi connectivity index (χ2v) is 15.2. The summed E-state index contributed by atoms with van der Waals surface area (Å²) >= 11 is 0. The van der Waals surface area contributed by atoms with Crippen molar-refractivity contribution in [1.82, 2.24) is 20.0 Å². The smallest absolute Gasteiger partial charge is 0.407 e. The third-order valence-corrected chi connectivity index (χ3v) is 12.2. The third kappa shape index (κ3) is 6.81. The molecule has 1 N–H and O–H groups in total. The molecule has 268 valence electrons. The van der Waals surface area contributed by atoms with Gasteiger partial charge in [0.25, 0.3) is 0 Å². The first-order valence-electron chi connectivity index (χ1n) is 18.6. The number of benzene rings is 2. The first-order chi connectivity index (χ1) is 24.3. The number of alkyl carbamates (subject to hydrolysis) is 1. The molecule has 5 fully saturated rings. The van der Waals surface area contributed by atoms with Crippen molar-refractivity contribution in [2.75, 3.05) is 64.4 Å². The molecule has 2 amide bonds. The molecule has 50 heavy (non-hydrogen) atoms. The number of amides is 2. The fourth-order valence-electron chi connectivity index (χ4n) is 9.84. The molecule has 4 heterocycles. The molecule has 3 atom stereocenters. The van der Waals surface area contributed by atoms with E-state index < -0.39 is 17.8 Å². The van der Waals surface area contributed by atoms with E-state index in [1.807, 2.05) is 23.1 Å². The number of nitrogens with zero attached hydrogens (tertiary/aromatic N) is 5. The fourth-order valence-corrected chi connectivity index (χ4v) is 9.84. The minimum absolute atomic E-state index is 0.0565. The number of piperidine rings is 2. The summed E-state index contributed by atoms with van der Waals surface area (Å²) in [7, 11) is 1.38. The van der Waals surface area contributed by atoms with E-state index in [4.69, 9.17) is 4.74 Å². The van der Waals surface area contributed by atoms with Crippen LogP contribution in [0, 0.1) is 34.9 Å². The van der Waals surface area contributed by atoms with Gasteiger partial charge < -0.3 is 24.8 Å². The Morgan fingerprint density at radius 3 is 2.50 bits per heavy atom. The number of alkyl halides is 1. The van der Waals surface area contributed by atoms with Gasteiger partial charge in [0, 0.05) is 75.8 Å². The van der Waals surface area contributed by atoms with Gasteiger partial charge in [0.05, 0.1) is 24.3 Å². The van der Waals surface area contributed by atoms with Crippen LogP contribution in [0.25, 0.3) is 0 Å². The number of anilines is 1. The minimum atomic E-state index is -0.766. The first kappa shape index (κ1) is 34.7. The van der Waals surface area contributed by atoms with Gasteiger partial charge in [-0.1, -0.05) is 18.6 Å². The summed E-state index contributed by atoms with van der Waals surface area (Å²) in [5.74, 6) is 0.403. The Labute approximate surface area is 294 Å². The SMILES string of the molecule is COC(=O)N[C@H]1CCC[C@@H]1[C@](c1cccc(F)c1)(C1CCN(CC2CN(c3ccc(C#N)c(CN4CC(F)C4)c3)C2)CC1)N1CCCCC1=O. The predicted octanol–water partition coefficient (Wildman–Crippen LogP) is 5.43. The van der Waals surface area contributed by atoms with Gasteiger partial charge in [0.1, 0.15) is 12.0 Å². The highest BCUT2D eigenvalue weighted by Crippen LogP contribution is 2.53. The van der Waals surface area contributed by atoms with Gasteiger partial charge in [0.2, 0.25) is 5.91 Å². The zero-order valence-corrected chi connectivity index (χ0v) is 29.2. The van der Waals surface area contributed by atoms with Crippen molar-refractivity contribution in [3.8, 4) is 6.07 Å². The van der Waals surface area contributed by atoms with Gasteiger partial charge >= 0.3 is 6.09 Å². The van der Waals surface area contributed by atoms with Crippen molar-refractivity contribution in [1.29, 1.82) is 5.26 Å². The highest BCUT2D eigenvalue weighted by molar-refractivity contribution is 5.78. The van der Waals surface area contributed by atoms with Crippen molar-refractivity contribution in [2.45, 2.75) is 75.7 Å². The summed E-state index contributed by atoms with van der Waals surface area (Å²) in [6.45, 7) is 6.78. The molecule has 11 heteroatoms. The number of methoxy groups -OCH3 is 1. The molecular formula is C39H50F2N6O3. The van der Waals surface area contributed by atoms with Crippen LogP contribution in [0.2, 0.25) is 0 Å². The van der Waals surface area contributed by atoms with Crippen LogP contribution in [0.5, 0.6) is 0 Å². The van der Waals surface area contributed by atoms with Crippen LogP contribution in [0.1, 0.15) is 68.1 Å². The number of likely N-dealkylation sites (tertiary alicyclic amines) is 3. The Balaban J connectivity index is 1.06. The molecule has 5 aliphatic rings. The molecule has 7 rings (SSSR count). The number of hydrogen-bond acceptors (Lipinski definition) is 7. The van der Waals surface area contributed by atoms with Crippen LogP contribution < -0.4 is 10.2 Å². The van der Waals surface area contributed by atoms with Crippen molar-refractivity contribution in [3.05, 3.63) is 65.0 Å². The van der Waals surface area contributed by atoms with E-state index in [-0.39, 0.29) is 29.6 Å². The average Bonchev–Trinajstić information content (AvgIpc) is 3.55. The second-order valence-electron chi connectivity index (χ2n) is 15.2. The van der Waals surface area contributed by atoms with Gasteiger partial charge in [-0.2, -0.15) is 5.26 Å². The van der Waals surface area contributed by atoms with Crippen LogP contribution in [-0.4, -0.2) is 98.4 Å². The normalized spacial score (nSPS) is 25.4. The number of hydrogen-bond donors (Lipinski definition) is 1. The Kier molecular flexibility index (Phi) is 10.3. The van der Waals surface area contributed by atoms with Gasteiger partial charge in [-0.15, -0.1) is 0 Å². The lowest BCUT2D eigenvalue weighted by atomic mass is 9.62. The maximum Gasteiger partial charge on any atom is 0.407 e. The number of nitriles is 1. The van der Waals surface area contributed by atoms with Gasteiger partial charge in [0.15, 0.2) is 0 Å². The number of halogens is 2. The lowest BCUT2D eigenvalue weighted by Crippen LogP contribution is -2.64. The molecule has 2 aromatic carbocycles. The highest BCUT2D eigenvalue weighted by atomic mass is 19.1. The van der Waals surface area contributed by atoms with Crippen LogP contribution in [0.4, 0.5) is 19.3 Å². The molecule has 0 unspecified atom stereocenters. The van der Waals surface area contributed by atoms with E-state index in [9.17, 15) is 19.2 Å². The van der Waals surface area contributed by atoms with E-state index in [0.717, 1.165) is 94.5 Å². The number of nitrogens with one attached hydrogen (secondary N) is 1. The van der Waals surface area contributed by atoms with Crippen molar-refractivity contribution in [3.63, 3.8) is 0 Å². The van der Waals surface area contributed by atoms with Gasteiger partial charge in [-0.25, -0.2) is 13.6 Å². The Morgan fingerprint density at radius 1 is 1.00 bits per heavy atom. The quantitative estimate of drug-likeness (QED) is 0.356. The van der Waals surface area contributed by atoms with E-state index in [0.29, 0.717) is 44.1 Å². The molecule has 0 radical (unpaired) electrons. The maximum atomic E-state index is 15.1. The highest BCUT2D eigenvalue weighted by Gasteiger charge is 2.57. The van der Waals surface area contributed by atoms with Crippen LogP contribution in [0.15, 0.2) is 42.5 Å². The molecule has 0 spiro atoms. The standard InChI is InChI=1S/C39H50F2N6O3/c1-50-38(49)43-36-9-5-8-35(36)39(31-6-4-7-32(40)19-31,47-15-3-2-10-37(47)48)30-13-16-44(17-14-30)21-27-22-46(23-27)34-12-11-28(20-42)29(18-34)24-45-25-33(41)26-45/h4,6-7,11-12,18-19,27,30,33,35-36H,2-3,5,8-10,13-17,21-26H2,1H3,(H,43,49)/t35-,36-,39+/m0/s1. The van der Waals surface area contributed by atoms with Crippen LogP contribution >= 0.6 is 0 Å². The molecular weight excluding hydrogens is 638 g/mol. The molecule has 4 aliphatic heterocycles. The summed E-state index contributed by atoms with van der Waals surface area (Å²) < 4.78 is 33.5. The zero-order valence-electron chi connectivity index (χ0n) is 29.2. The van der Waals surface area contributed by atoms with Crippen LogP contribution in [-0.2, 0) is 21.6 Å². The van der Waals surface area contributed by atoms with Gasteiger partial charge in [-0.3, -0.25) is 9.69 Å². The lowest BCUT2D eigenvalue weighted by Gasteiger charge is -2.57. The molecule has 1 aliphatic carbocycles. The maximum absolute atomic E-state index is 15.1. The van der Waals surface area contributed by atoms with E-state index in [1.165, 1.54) is 13.2 Å². The number of carbonyl (C=O) groups excluding carboxylic acids is 2. The first-order valence-corrected chi connectivity index (χ1v) is 18.6. The third-order valence-electron chi connectivity index (χ3n) is 12.2. The molecule has 1 saturated carbocycles. The van der Waals surface area contributed by atoms with E-state index in [2.05, 4.69) is 32.2 Å². The second kappa shape index (κ2) is 14.8. The monoisotopic (exact) mass is 688 g/mol. The van der Waals surface area contributed by atoms with Crippen LogP contribution in [0.3, 0.4) is 0 Å². The van der Waals surface area contributed by atoms with Gasteiger partial charge in [-0.05, 0) is 99.0 Å². The Morgan fingerprint density at radius 2 is 1.80 bits per heavy atom. The topological polar surface area (TPSA) is 92.1 Å². The van der Waals surface area contributed by atoms with Crippen molar-refractivity contribution in [2.24, 2.45) is 17.8 Å². The number of carbonyl (C=O) groups is 2. The molecule has 4 saturated heterocycles. The minimum Gasteiger partial charge on any atom is -0.453 e. The molecule has 0 bridgehead atoms. The van der Waals surface area contributed by atoms with E-state index in [1.54, 1.807) is 12.1 Å². The fraction of sp³-hybridized carbons (Fsp3) is 0.615. The summed E-state index contributed by atoms with van der Waals surface area (Å²) in [6.07, 6.45) is 5.37. The predicted molar refractivity (Wildman–Crippen MR) is 187 cm³/mol. The molecule has 9 nitrogen and oxygen atoms in total. The zero-order chi connectivity index (χ0) is 34.8. The van der Waals surface area contributed by atoms with Crippen molar-refractivity contribution >= 4 is 17.7 Å². The Bertz CT molecular complexity index is 1580. The molecule has 0 aromatic heterocycles. The number of ether oxygens (including phenoxy) is 1. The lowest BCUT2D eigenvalue weighted by molar-refractivity contribution is -0.151. The number of rotatable bonds is 10. The average molecular weight is 689 g/mol. The Hall–Kier alpha value is -3.75. The summed E-state index contributed by atoms with van der Waals surface area (Å²) in [5.41, 5.74) is 2.85. The largest absolute Gasteiger partial charge is 0.453 e.